The second-order valence-corrected chi connectivity index (χ2v) is 7.51. The quantitative estimate of drug-likeness (QED) is 0.516. The van der Waals surface area contributed by atoms with Gasteiger partial charge in [0, 0.05) is 25.0 Å². The van der Waals surface area contributed by atoms with Crippen LogP contribution in [0.1, 0.15) is 78.1 Å². The molecule has 2 saturated carbocycles. The average molecular weight is 337 g/mol. The molecule has 138 valence electrons. The van der Waals surface area contributed by atoms with Gasteiger partial charge in [-0.15, -0.1) is 0 Å². The number of aliphatic imine (C=N–C) groups is 1. The van der Waals surface area contributed by atoms with Gasteiger partial charge in [-0.2, -0.15) is 0 Å². The lowest BCUT2D eigenvalue weighted by Crippen LogP contribution is -2.45. The van der Waals surface area contributed by atoms with Crippen LogP contribution < -0.4 is 16.0 Å². The number of amides is 1. The molecule has 2 fully saturated rings. The minimum Gasteiger partial charge on any atom is -0.357 e. The Labute approximate surface area is 147 Å². The number of nitrogens with one attached hydrogen (secondary N) is 3. The monoisotopic (exact) mass is 336 g/mol. The number of carbonyl (C=O) groups excluding carboxylic acids is 1. The number of rotatable bonds is 6. The number of hydrogen-bond acceptors (Lipinski definition) is 2. The maximum atomic E-state index is 12.1. The van der Waals surface area contributed by atoms with Crippen molar-refractivity contribution < 1.29 is 4.79 Å². The summed E-state index contributed by atoms with van der Waals surface area (Å²) in [6, 6.07) is 0.917. The molecule has 0 aromatic rings. The van der Waals surface area contributed by atoms with Crippen molar-refractivity contribution in [3.63, 3.8) is 0 Å². The van der Waals surface area contributed by atoms with Gasteiger partial charge >= 0.3 is 0 Å². The molecule has 0 unspecified atom stereocenters. The summed E-state index contributed by atoms with van der Waals surface area (Å²) in [5, 5.41) is 10.0. The van der Waals surface area contributed by atoms with Gasteiger partial charge in [0.1, 0.15) is 0 Å². The Balaban J connectivity index is 1.70. The molecular weight excluding hydrogens is 300 g/mol. The zero-order valence-electron chi connectivity index (χ0n) is 15.6. The predicted octanol–water partition coefficient (Wildman–Crippen LogP) is 2.96. The maximum absolute atomic E-state index is 12.1. The number of carbonyl (C=O) groups is 1. The normalized spacial score (nSPS) is 26.0. The topological polar surface area (TPSA) is 65.5 Å². The number of nitrogens with zero attached hydrogens (tertiary/aromatic N) is 1. The third-order valence-corrected chi connectivity index (χ3v) is 5.28. The molecule has 5 nitrogen and oxygen atoms in total. The smallest absolute Gasteiger partial charge is 0.222 e. The van der Waals surface area contributed by atoms with Gasteiger partial charge in [-0.3, -0.25) is 9.79 Å². The largest absolute Gasteiger partial charge is 0.357 e. The van der Waals surface area contributed by atoms with E-state index in [2.05, 4.69) is 34.8 Å². The lowest BCUT2D eigenvalue weighted by molar-refractivity contribution is -0.121. The Morgan fingerprint density at radius 3 is 2.29 bits per heavy atom. The molecular formula is C19H36N4O. The third kappa shape index (κ3) is 7.10. The maximum Gasteiger partial charge on any atom is 0.222 e. The van der Waals surface area contributed by atoms with Gasteiger partial charge in [-0.05, 0) is 51.4 Å². The van der Waals surface area contributed by atoms with E-state index in [-0.39, 0.29) is 5.91 Å². The minimum absolute atomic E-state index is 0.146. The fourth-order valence-corrected chi connectivity index (χ4v) is 3.73. The van der Waals surface area contributed by atoms with Crippen molar-refractivity contribution in [1.29, 1.82) is 0 Å². The molecule has 0 radical (unpaired) electrons. The lowest BCUT2D eigenvalue weighted by Gasteiger charge is -2.28. The van der Waals surface area contributed by atoms with Crippen molar-refractivity contribution in [3.05, 3.63) is 0 Å². The zero-order chi connectivity index (χ0) is 17.2. The molecule has 0 saturated heterocycles. The van der Waals surface area contributed by atoms with Crippen LogP contribution in [-0.2, 0) is 4.79 Å². The van der Waals surface area contributed by atoms with Crippen molar-refractivity contribution in [2.45, 2.75) is 90.1 Å². The highest BCUT2D eigenvalue weighted by Crippen LogP contribution is 2.23. The summed E-state index contributed by atoms with van der Waals surface area (Å²) in [4.78, 5) is 16.6. The summed E-state index contributed by atoms with van der Waals surface area (Å²) in [6.45, 7) is 5.82. The lowest BCUT2D eigenvalue weighted by atomic mass is 9.87. The molecule has 2 rings (SSSR count). The first kappa shape index (κ1) is 19.1. The van der Waals surface area contributed by atoms with Gasteiger partial charge in [0.05, 0.1) is 6.54 Å². The molecule has 1 amide bonds. The van der Waals surface area contributed by atoms with Crippen LogP contribution in [0, 0.1) is 5.92 Å². The number of guanidine groups is 1. The van der Waals surface area contributed by atoms with E-state index in [1.807, 2.05) is 0 Å². The summed E-state index contributed by atoms with van der Waals surface area (Å²) in [7, 11) is 0. The van der Waals surface area contributed by atoms with E-state index >= 15 is 0 Å². The van der Waals surface area contributed by atoms with E-state index in [0.29, 0.717) is 25.0 Å². The van der Waals surface area contributed by atoms with Crippen LogP contribution >= 0.6 is 0 Å². The van der Waals surface area contributed by atoms with Crippen molar-refractivity contribution in [2.24, 2.45) is 10.9 Å². The van der Waals surface area contributed by atoms with Crippen LogP contribution in [0.4, 0.5) is 0 Å². The average Bonchev–Trinajstić information content (AvgIpc) is 2.58. The molecule has 2 aliphatic carbocycles. The molecule has 0 bridgehead atoms. The second-order valence-electron chi connectivity index (χ2n) is 7.51. The van der Waals surface area contributed by atoms with Gasteiger partial charge in [-0.1, -0.05) is 26.2 Å². The van der Waals surface area contributed by atoms with Crippen molar-refractivity contribution in [3.8, 4) is 0 Å². The van der Waals surface area contributed by atoms with Crippen molar-refractivity contribution in [2.75, 3.05) is 13.1 Å². The molecule has 3 N–H and O–H groups in total. The van der Waals surface area contributed by atoms with E-state index in [1.165, 1.54) is 44.9 Å². The first-order chi connectivity index (χ1) is 11.7. The summed E-state index contributed by atoms with van der Waals surface area (Å²) < 4.78 is 0. The molecule has 5 heteroatoms. The van der Waals surface area contributed by atoms with Gasteiger partial charge in [0.2, 0.25) is 5.91 Å². The molecule has 24 heavy (non-hydrogen) atoms. The highest BCUT2D eigenvalue weighted by atomic mass is 16.1. The molecule has 0 aromatic heterocycles. The molecule has 0 aromatic carbocycles. The highest BCUT2D eigenvalue weighted by Gasteiger charge is 2.19. The van der Waals surface area contributed by atoms with Gasteiger partial charge in [-0.25, -0.2) is 0 Å². The van der Waals surface area contributed by atoms with E-state index in [0.717, 1.165) is 31.3 Å². The summed E-state index contributed by atoms with van der Waals surface area (Å²) in [6.07, 6.45) is 11.6. The van der Waals surface area contributed by atoms with Crippen LogP contribution in [0.2, 0.25) is 0 Å². The third-order valence-electron chi connectivity index (χ3n) is 5.28. The molecule has 0 heterocycles. The van der Waals surface area contributed by atoms with Crippen molar-refractivity contribution in [1.82, 2.24) is 16.0 Å². The fourth-order valence-electron chi connectivity index (χ4n) is 3.73. The van der Waals surface area contributed by atoms with Crippen LogP contribution in [-0.4, -0.2) is 37.0 Å². The SMILES string of the molecule is CCNC(=NCCC(=O)NC1CCCCC1)NC1CCC(C)CC1. The van der Waals surface area contributed by atoms with Crippen LogP contribution in [0.5, 0.6) is 0 Å². The van der Waals surface area contributed by atoms with Gasteiger partial charge in [0.15, 0.2) is 5.96 Å². The minimum atomic E-state index is 0.146. The Hall–Kier alpha value is -1.26. The van der Waals surface area contributed by atoms with Crippen LogP contribution in [0.3, 0.4) is 0 Å². The number of hydrogen-bond donors (Lipinski definition) is 3. The molecule has 0 atom stereocenters. The Morgan fingerprint density at radius 2 is 1.62 bits per heavy atom. The summed E-state index contributed by atoms with van der Waals surface area (Å²) in [5.74, 6) is 1.86. The standard InChI is InChI=1S/C19H36N4O/c1-3-20-19(23-17-11-9-15(2)10-12-17)21-14-13-18(24)22-16-7-5-4-6-8-16/h15-17H,3-14H2,1-2H3,(H,22,24)(H2,20,21,23). The Bertz CT molecular complexity index is 396. The zero-order valence-corrected chi connectivity index (χ0v) is 15.6. The van der Waals surface area contributed by atoms with E-state index in [9.17, 15) is 4.79 Å². The fraction of sp³-hybridized carbons (Fsp3) is 0.895. The first-order valence-electron chi connectivity index (χ1n) is 10.0. The molecule has 0 spiro atoms. The van der Waals surface area contributed by atoms with Crippen LogP contribution in [0.25, 0.3) is 0 Å². The van der Waals surface area contributed by atoms with Gasteiger partial charge in [0.25, 0.3) is 0 Å². The van der Waals surface area contributed by atoms with E-state index in [1.54, 1.807) is 0 Å². The van der Waals surface area contributed by atoms with Crippen molar-refractivity contribution >= 4 is 11.9 Å². The van der Waals surface area contributed by atoms with Crippen LogP contribution in [0.15, 0.2) is 4.99 Å². The summed E-state index contributed by atoms with van der Waals surface area (Å²) >= 11 is 0. The summed E-state index contributed by atoms with van der Waals surface area (Å²) in [5.41, 5.74) is 0. The highest BCUT2D eigenvalue weighted by molar-refractivity contribution is 5.81. The Kier molecular flexibility index (Phi) is 8.40. The predicted molar refractivity (Wildman–Crippen MR) is 100 cm³/mol. The Morgan fingerprint density at radius 1 is 0.958 bits per heavy atom. The van der Waals surface area contributed by atoms with E-state index < -0.39 is 0 Å². The van der Waals surface area contributed by atoms with Gasteiger partial charge < -0.3 is 16.0 Å². The first-order valence-corrected chi connectivity index (χ1v) is 10.0. The molecule has 2 aliphatic rings. The van der Waals surface area contributed by atoms with E-state index in [4.69, 9.17) is 0 Å². The second kappa shape index (κ2) is 10.6. The molecule has 0 aliphatic heterocycles.